The Morgan fingerprint density at radius 3 is 2.92 bits per heavy atom. The third-order valence-electron chi connectivity index (χ3n) is 5.44. The van der Waals surface area contributed by atoms with Gasteiger partial charge in [-0.2, -0.15) is 0 Å². The second-order valence-electron chi connectivity index (χ2n) is 7.45. The molecule has 0 saturated heterocycles. The quantitative estimate of drug-likeness (QED) is 0.576. The maximum atomic E-state index is 13.3. The van der Waals surface area contributed by atoms with Crippen LogP contribution in [0.3, 0.4) is 0 Å². The highest BCUT2D eigenvalue weighted by Crippen LogP contribution is 2.37. The summed E-state index contributed by atoms with van der Waals surface area (Å²) in [6.07, 6.45) is 8.46. The molecule has 2 aliphatic rings. The van der Waals surface area contributed by atoms with Gasteiger partial charge in [-0.05, 0) is 43.6 Å². The van der Waals surface area contributed by atoms with Crippen molar-refractivity contribution in [3.63, 3.8) is 0 Å². The van der Waals surface area contributed by atoms with Crippen LogP contribution in [0, 0.1) is 5.92 Å². The van der Waals surface area contributed by atoms with E-state index in [4.69, 9.17) is 4.98 Å². The third-order valence-corrected chi connectivity index (χ3v) is 7.89. The average Bonchev–Trinajstić information content (AvgIpc) is 2.97. The maximum Gasteiger partial charge on any atom is 0.263 e. The molecule has 0 spiro atoms. The Kier molecular flexibility index (Phi) is 5.06. The summed E-state index contributed by atoms with van der Waals surface area (Å²) in [7, 11) is 0. The second kappa shape index (κ2) is 7.31. The molecular formula is C20H24N2O2S2. The minimum Gasteiger partial charge on any atom is -0.298 e. The second-order valence-corrected chi connectivity index (χ2v) is 9.70. The van der Waals surface area contributed by atoms with Gasteiger partial charge in [0.05, 0.1) is 10.6 Å². The lowest BCUT2D eigenvalue weighted by Gasteiger charge is -2.21. The van der Waals surface area contributed by atoms with E-state index in [-0.39, 0.29) is 10.8 Å². The molecule has 0 bridgehead atoms. The zero-order chi connectivity index (χ0) is 18.3. The van der Waals surface area contributed by atoms with Crippen LogP contribution >= 0.6 is 23.1 Å². The van der Waals surface area contributed by atoms with Crippen LogP contribution in [0.2, 0.25) is 0 Å². The highest BCUT2D eigenvalue weighted by Gasteiger charge is 2.28. The van der Waals surface area contributed by atoms with Gasteiger partial charge in [0.2, 0.25) is 0 Å². The van der Waals surface area contributed by atoms with Crippen molar-refractivity contribution in [1.82, 2.24) is 9.55 Å². The molecule has 1 fully saturated rings. The number of carbonyl (C=O) groups is 1. The SMILES string of the molecule is C=CCn1c(S[C@@H]2CCCCC2=O)nc2sc3c(c2c1=O)CC[C@@H](C)C3. The molecule has 0 aromatic carbocycles. The van der Waals surface area contributed by atoms with Gasteiger partial charge >= 0.3 is 0 Å². The number of hydrogen-bond donors (Lipinski definition) is 0. The predicted octanol–water partition coefficient (Wildman–Crippen LogP) is 4.37. The van der Waals surface area contributed by atoms with Crippen LogP contribution in [0.5, 0.6) is 0 Å². The van der Waals surface area contributed by atoms with E-state index >= 15 is 0 Å². The van der Waals surface area contributed by atoms with Crippen LogP contribution in [-0.2, 0) is 24.2 Å². The van der Waals surface area contributed by atoms with Gasteiger partial charge in [-0.15, -0.1) is 17.9 Å². The summed E-state index contributed by atoms with van der Waals surface area (Å²) in [5.74, 6) is 0.958. The average molecular weight is 389 g/mol. The van der Waals surface area contributed by atoms with E-state index in [1.165, 1.54) is 22.2 Å². The number of thioether (sulfide) groups is 1. The molecule has 138 valence electrons. The zero-order valence-electron chi connectivity index (χ0n) is 15.1. The van der Waals surface area contributed by atoms with Crippen molar-refractivity contribution in [3.8, 4) is 0 Å². The zero-order valence-corrected chi connectivity index (χ0v) is 16.8. The van der Waals surface area contributed by atoms with Gasteiger partial charge in [0.25, 0.3) is 5.56 Å². The number of aromatic nitrogens is 2. The molecule has 2 heterocycles. The Morgan fingerprint density at radius 2 is 2.15 bits per heavy atom. The van der Waals surface area contributed by atoms with Gasteiger partial charge in [-0.1, -0.05) is 31.2 Å². The van der Waals surface area contributed by atoms with E-state index < -0.39 is 0 Å². The summed E-state index contributed by atoms with van der Waals surface area (Å²) in [6.45, 7) is 6.51. The first-order valence-electron chi connectivity index (χ1n) is 9.43. The molecule has 26 heavy (non-hydrogen) atoms. The number of fused-ring (bicyclic) bond motifs is 3. The van der Waals surface area contributed by atoms with E-state index in [0.717, 1.165) is 48.7 Å². The van der Waals surface area contributed by atoms with Gasteiger partial charge in [0, 0.05) is 17.8 Å². The maximum absolute atomic E-state index is 13.3. The lowest BCUT2D eigenvalue weighted by molar-refractivity contribution is -0.119. The van der Waals surface area contributed by atoms with Crippen LogP contribution < -0.4 is 5.56 Å². The Labute approximate surface area is 161 Å². The summed E-state index contributed by atoms with van der Waals surface area (Å²) in [4.78, 5) is 32.5. The fraction of sp³-hybridized carbons (Fsp3) is 0.550. The van der Waals surface area contributed by atoms with Crippen LogP contribution in [0.25, 0.3) is 10.2 Å². The first-order chi connectivity index (χ1) is 12.6. The first kappa shape index (κ1) is 18.0. The number of aryl methyl sites for hydroxylation is 1. The molecule has 0 radical (unpaired) electrons. The molecule has 2 aromatic rings. The Hall–Kier alpha value is -1.40. The normalized spacial score (nSPS) is 23.2. The fourth-order valence-electron chi connectivity index (χ4n) is 3.99. The third kappa shape index (κ3) is 3.18. The number of nitrogens with zero attached hydrogens (tertiary/aromatic N) is 2. The van der Waals surface area contributed by atoms with E-state index in [0.29, 0.717) is 29.8 Å². The van der Waals surface area contributed by atoms with Crippen LogP contribution in [0.4, 0.5) is 0 Å². The monoisotopic (exact) mass is 388 g/mol. The number of carbonyl (C=O) groups excluding carboxylic acids is 1. The molecule has 4 nitrogen and oxygen atoms in total. The highest BCUT2D eigenvalue weighted by atomic mass is 32.2. The minimum absolute atomic E-state index is 0.0349. The van der Waals surface area contributed by atoms with Gasteiger partial charge in [-0.3, -0.25) is 14.2 Å². The Bertz CT molecular complexity index is 928. The molecule has 0 unspecified atom stereocenters. The molecule has 0 amide bonds. The van der Waals surface area contributed by atoms with E-state index in [1.807, 2.05) is 0 Å². The molecule has 1 saturated carbocycles. The van der Waals surface area contributed by atoms with Crippen molar-refractivity contribution in [3.05, 3.63) is 33.4 Å². The van der Waals surface area contributed by atoms with Crippen molar-refractivity contribution >= 4 is 39.1 Å². The summed E-state index contributed by atoms with van der Waals surface area (Å²) in [6, 6.07) is 0. The van der Waals surface area contributed by atoms with E-state index in [2.05, 4.69) is 13.5 Å². The van der Waals surface area contributed by atoms with Crippen LogP contribution in [0.1, 0.15) is 49.5 Å². The number of allylic oxidation sites excluding steroid dienone is 1. The Balaban J connectivity index is 1.81. The molecule has 2 aromatic heterocycles. The summed E-state index contributed by atoms with van der Waals surface area (Å²) < 4.78 is 1.72. The van der Waals surface area contributed by atoms with Crippen molar-refractivity contribution in [2.45, 2.75) is 68.8 Å². The minimum atomic E-state index is -0.0706. The van der Waals surface area contributed by atoms with Crippen LogP contribution in [0.15, 0.2) is 22.6 Å². The summed E-state index contributed by atoms with van der Waals surface area (Å²) >= 11 is 3.15. The van der Waals surface area contributed by atoms with E-state index in [1.54, 1.807) is 22.0 Å². The number of rotatable bonds is 4. The van der Waals surface area contributed by atoms with Crippen molar-refractivity contribution < 1.29 is 4.79 Å². The summed E-state index contributed by atoms with van der Waals surface area (Å²) in [5.41, 5.74) is 1.25. The molecule has 0 aliphatic heterocycles. The highest BCUT2D eigenvalue weighted by molar-refractivity contribution is 8.00. The summed E-state index contributed by atoms with van der Waals surface area (Å²) in [5, 5.41) is 1.41. The molecule has 4 rings (SSSR count). The van der Waals surface area contributed by atoms with Gasteiger partial charge in [0.1, 0.15) is 10.6 Å². The Morgan fingerprint density at radius 1 is 1.31 bits per heavy atom. The lowest BCUT2D eigenvalue weighted by Crippen LogP contribution is -2.27. The predicted molar refractivity (Wildman–Crippen MR) is 108 cm³/mol. The standard InChI is InChI=1S/C20H24N2O2S2/c1-3-10-22-19(24)17-13-9-8-12(2)11-16(13)25-18(17)21-20(22)26-15-7-5-4-6-14(15)23/h3,12,15H,1,4-11H2,2H3/t12-,15-/m1/s1. The van der Waals surface area contributed by atoms with Crippen molar-refractivity contribution in [1.29, 1.82) is 0 Å². The smallest absolute Gasteiger partial charge is 0.263 e. The molecule has 0 N–H and O–H groups in total. The number of ketones is 1. The van der Waals surface area contributed by atoms with Gasteiger partial charge in [-0.25, -0.2) is 4.98 Å². The number of hydrogen-bond acceptors (Lipinski definition) is 5. The number of Topliss-reactive ketones (excluding diaryl/α,β-unsaturated/α-hetero) is 1. The number of thiophene rings is 1. The molecule has 2 atom stereocenters. The topological polar surface area (TPSA) is 52.0 Å². The van der Waals surface area contributed by atoms with Gasteiger partial charge < -0.3 is 0 Å². The molecular weight excluding hydrogens is 364 g/mol. The largest absolute Gasteiger partial charge is 0.298 e. The first-order valence-corrected chi connectivity index (χ1v) is 11.1. The van der Waals surface area contributed by atoms with Gasteiger partial charge in [0.15, 0.2) is 5.16 Å². The van der Waals surface area contributed by atoms with Crippen molar-refractivity contribution in [2.24, 2.45) is 5.92 Å². The van der Waals surface area contributed by atoms with E-state index in [9.17, 15) is 9.59 Å². The fourth-order valence-corrected chi connectivity index (χ4v) is 6.64. The molecule has 6 heteroatoms. The molecule has 2 aliphatic carbocycles. The lowest BCUT2D eigenvalue weighted by atomic mass is 9.89. The van der Waals surface area contributed by atoms with Crippen LogP contribution in [-0.4, -0.2) is 20.6 Å². The van der Waals surface area contributed by atoms with Crippen molar-refractivity contribution in [2.75, 3.05) is 0 Å².